The second kappa shape index (κ2) is 6.26. The molecule has 0 saturated carbocycles. The summed E-state index contributed by atoms with van der Waals surface area (Å²) in [6.07, 6.45) is 1.68. The minimum Gasteiger partial charge on any atom is -0.492 e. The lowest BCUT2D eigenvalue weighted by Crippen LogP contribution is -2.20. The third kappa shape index (κ3) is 3.19. The molecule has 1 heterocycles. The lowest BCUT2D eigenvalue weighted by Gasteiger charge is -2.08. The summed E-state index contributed by atoms with van der Waals surface area (Å²) < 4.78 is 11.0. The fourth-order valence-corrected chi connectivity index (χ4v) is 2.12. The van der Waals surface area contributed by atoms with E-state index in [0.717, 1.165) is 24.6 Å². The number of furan rings is 1. The van der Waals surface area contributed by atoms with E-state index < -0.39 is 0 Å². The van der Waals surface area contributed by atoms with E-state index in [0.29, 0.717) is 6.61 Å². The Kier molecular flexibility index (Phi) is 3.99. The van der Waals surface area contributed by atoms with Crippen LogP contribution in [0.2, 0.25) is 0 Å². The summed E-state index contributed by atoms with van der Waals surface area (Å²) in [5.41, 5.74) is 0. The van der Waals surface area contributed by atoms with Crippen LogP contribution < -0.4 is 10.1 Å². The molecule has 0 saturated heterocycles. The van der Waals surface area contributed by atoms with Crippen LogP contribution in [0.15, 0.2) is 65.3 Å². The van der Waals surface area contributed by atoms with Gasteiger partial charge in [-0.2, -0.15) is 0 Å². The maximum Gasteiger partial charge on any atom is 0.120 e. The number of rotatable bonds is 6. The predicted octanol–water partition coefficient (Wildman–Crippen LogP) is 3.60. The zero-order valence-electron chi connectivity index (χ0n) is 11.2. The highest BCUT2D eigenvalue weighted by molar-refractivity contribution is 5.83. The van der Waals surface area contributed by atoms with Crippen molar-refractivity contribution in [3.63, 3.8) is 0 Å². The molecule has 0 unspecified atom stereocenters. The fraction of sp³-hybridized carbons (Fsp3) is 0.176. The third-order valence-corrected chi connectivity index (χ3v) is 3.15. The topological polar surface area (TPSA) is 34.4 Å². The van der Waals surface area contributed by atoms with E-state index in [2.05, 4.69) is 29.6 Å². The third-order valence-electron chi connectivity index (χ3n) is 3.15. The Morgan fingerprint density at radius 2 is 1.85 bits per heavy atom. The zero-order valence-corrected chi connectivity index (χ0v) is 11.2. The fourth-order valence-electron chi connectivity index (χ4n) is 2.12. The van der Waals surface area contributed by atoms with Crippen molar-refractivity contribution in [2.75, 3.05) is 13.2 Å². The summed E-state index contributed by atoms with van der Waals surface area (Å²) in [4.78, 5) is 0. The largest absolute Gasteiger partial charge is 0.492 e. The summed E-state index contributed by atoms with van der Waals surface area (Å²) >= 11 is 0. The normalized spacial score (nSPS) is 10.8. The summed E-state index contributed by atoms with van der Waals surface area (Å²) in [5.74, 6) is 1.85. The summed E-state index contributed by atoms with van der Waals surface area (Å²) in [6, 6.07) is 18.3. The molecule has 0 aliphatic heterocycles. The first-order valence-corrected chi connectivity index (χ1v) is 6.76. The molecule has 0 aliphatic rings. The predicted molar refractivity (Wildman–Crippen MR) is 79.9 cm³/mol. The van der Waals surface area contributed by atoms with Crippen LogP contribution >= 0.6 is 0 Å². The average molecular weight is 267 g/mol. The molecular formula is C17H17NO2. The molecule has 2 aromatic carbocycles. The van der Waals surface area contributed by atoms with Gasteiger partial charge in [0.15, 0.2) is 0 Å². The van der Waals surface area contributed by atoms with Crippen LogP contribution in [0.1, 0.15) is 5.76 Å². The number of hydrogen-bond acceptors (Lipinski definition) is 3. The van der Waals surface area contributed by atoms with Gasteiger partial charge < -0.3 is 14.5 Å². The van der Waals surface area contributed by atoms with Crippen molar-refractivity contribution in [2.24, 2.45) is 0 Å². The Labute approximate surface area is 118 Å². The molecule has 0 radical (unpaired) electrons. The van der Waals surface area contributed by atoms with Gasteiger partial charge in [-0.15, -0.1) is 0 Å². The lowest BCUT2D eigenvalue weighted by atomic mass is 10.1. The molecular weight excluding hydrogens is 250 g/mol. The van der Waals surface area contributed by atoms with Crippen LogP contribution in [0.5, 0.6) is 5.75 Å². The van der Waals surface area contributed by atoms with Gasteiger partial charge in [-0.3, -0.25) is 0 Å². The van der Waals surface area contributed by atoms with E-state index in [4.69, 9.17) is 9.15 Å². The van der Waals surface area contributed by atoms with Crippen molar-refractivity contribution in [1.82, 2.24) is 5.32 Å². The van der Waals surface area contributed by atoms with Crippen LogP contribution in [0.4, 0.5) is 0 Å². The minimum absolute atomic E-state index is 0.638. The number of nitrogens with one attached hydrogen (secondary N) is 1. The molecule has 0 spiro atoms. The van der Waals surface area contributed by atoms with Gasteiger partial charge in [-0.1, -0.05) is 30.3 Å². The van der Waals surface area contributed by atoms with Crippen molar-refractivity contribution in [1.29, 1.82) is 0 Å². The Hall–Kier alpha value is -2.26. The van der Waals surface area contributed by atoms with Crippen molar-refractivity contribution < 1.29 is 9.15 Å². The average Bonchev–Trinajstić information content (AvgIpc) is 3.00. The quantitative estimate of drug-likeness (QED) is 0.693. The maximum atomic E-state index is 5.74. The first-order valence-electron chi connectivity index (χ1n) is 6.76. The number of ether oxygens (including phenoxy) is 1. The Morgan fingerprint density at radius 1 is 0.950 bits per heavy atom. The first-order chi connectivity index (χ1) is 9.92. The number of fused-ring (bicyclic) bond motifs is 1. The van der Waals surface area contributed by atoms with Crippen LogP contribution in [-0.4, -0.2) is 13.2 Å². The Bertz CT molecular complexity index is 662. The van der Waals surface area contributed by atoms with Gasteiger partial charge in [-0.25, -0.2) is 0 Å². The van der Waals surface area contributed by atoms with Gasteiger partial charge in [0.05, 0.1) is 12.8 Å². The standard InChI is InChI=1S/C17H17NO2/c1-2-5-15-12-16(8-7-14(15)4-1)20-11-9-18-13-17-6-3-10-19-17/h1-8,10,12,18H,9,11,13H2. The number of hydrogen-bond donors (Lipinski definition) is 1. The van der Waals surface area contributed by atoms with Crippen molar-refractivity contribution in [3.8, 4) is 5.75 Å². The molecule has 0 fully saturated rings. The van der Waals surface area contributed by atoms with Crippen LogP contribution in [-0.2, 0) is 6.54 Å². The Balaban J connectivity index is 1.47. The molecule has 1 N–H and O–H groups in total. The molecule has 3 nitrogen and oxygen atoms in total. The highest BCUT2D eigenvalue weighted by Gasteiger charge is 1.98. The second-order valence-corrected chi connectivity index (χ2v) is 4.61. The monoisotopic (exact) mass is 267 g/mol. The molecule has 0 amide bonds. The molecule has 102 valence electrons. The van der Waals surface area contributed by atoms with Gasteiger partial charge in [0.1, 0.15) is 18.1 Å². The van der Waals surface area contributed by atoms with Crippen molar-refractivity contribution in [3.05, 3.63) is 66.6 Å². The molecule has 3 rings (SSSR count). The van der Waals surface area contributed by atoms with Gasteiger partial charge in [-0.05, 0) is 35.0 Å². The highest BCUT2D eigenvalue weighted by atomic mass is 16.5. The van der Waals surface area contributed by atoms with E-state index in [9.17, 15) is 0 Å². The van der Waals surface area contributed by atoms with Crippen LogP contribution in [0, 0.1) is 0 Å². The van der Waals surface area contributed by atoms with Crippen LogP contribution in [0.3, 0.4) is 0 Å². The summed E-state index contributed by atoms with van der Waals surface area (Å²) in [6.45, 7) is 2.15. The van der Waals surface area contributed by atoms with E-state index >= 15 is 0 Å². The van der Waals surface area contributed by atoms with Gasteiger partial charge in [0.2, 0.25) is 0 Å². The van der Waals surface area contributed by atoms with E-state index in [1.54, 1.807) is 6.26 Å². The zero-order chi connectivity index (χ0) is 13.6. The van der Waals surface area contributed by atoms with Crippen molar-refractivity contribution in [2.45, 2.75) is 6.54 Å². The molecule has 1 aromatic heterocycles. The van der Waals surface area contributed by atoms with E-state index in [-0.39, 0.29) is 0 Å². The van der Waals surface area contributed by atoms with E-state index in [1.807, 2.05) is 30.3 Å². The molecule has 0 aliphatic carbocycles. The molecule has 0 atom stereocenters. The minimum atomic E-state index is 0.638. The smallest absolute Gasteiger partial charge is 0.120 e. The van der Waals surface area contributed by atoms with Crippen molar-refractivity contribution >= 4 is 10.8 Å². The molecule has 3 aromatic rings. The highest BCUT2D eigenvalue weighted by Crippen LogP contribution is 2.20. The number of benzene rings is 2. The lowest BCUT2D eigenvalue weighted by molar-refractivity contribution is 0.311. The molecule has 20 heavy (non-hydrogen) atoms. The molecule has 0 bridgehead atoms. The SMILES string of the molecule is c1coc(CNCCOc2ccc3ccccc3c2)c1. The van der Waals surface area contributed by atoms with Gasteiger partial charge >= 0.3 is 0 Å². The van der Waals surface area contributed by atoms with Crippen LogP contribution in [0.25, 0.3) is 10.8 Å². The summed E-state index contributed by atoms with van der Waals surface area (Å²) in [7, 11) is 0. The summed E-state index contributed by atoms with van der Waals surface area (Å²) in [5, 5.41) is 5.71. The Morgan fingerprint density at radius 3 is 2.70 bits per heavy atom. The van der Waals surface area contributed by atoms with E-state index in [1.165, 1.54) is 10.8 Å². The maximum absolute atomic E-state index is 5.74. The second-order valence-electron chi connectivity index (χ2n) is 4.61. The van der Waals surface area contributed by atoms with Gasteiger partial charge in [0, 0.05) is 6.54 Å². The first kappa shape index (κ1) is 12.8. The van der Waals surface area contributed by atoms with Gasteiger partial charge in [0.25, 0.3) is 0 Å². The molecule has 3 heteroatoms.